The lowest BCUT2D eigenvalue weighted by Crippen LogP contribution is -2.32. The van der Waals surface area contributed by atoms with Crippen LogP contribution in [0.25, 0.3) is 0 Å². The fourth-order valence-corrected chi connectivity index (χ4v) is 2.48. The van der Waals surface area contributed by atoms with Crippen molar-refractivity contribution in [3.63, 3.8) is 0 Å². The summed E-state index contributed by atoms with van der Waals surface area (Å²) in [5, 5.41) is 2.46. The number of benzene rings is 2. The van der Waals surface area contributed by atoms with E-state index >= 15 is 0 Å². The number of esters is 1. The summed E-state index contributed by atoms with van der Waals surface area (Å²) in [6.07, 6.45) is 0.390. The Balaban J connectivity index is 1.75. The van der Waals surface area contributed by atoms with Gasteiger partial charge in [-0.15, -0.1) is 0 Å². The third-order valence-electron chi connectivity index (χ3n) is 4.02. The Bertz CT molecular complexity index is 883. The minimum Gasteiger partial charge on any atom is -0.482 e. The van der Waals surface area contributed by atoms with Crippen LogP contribution in [-0.2, 0) is 14.3 Å². The van der Waals surface area contributed by atoms with E-state index in [4.69, 9.17) is 9.47 Å². The lowest BCUT2D eigenvalue weighted by molar-refractivity contribution is -0.150. The minimum atomic E-state index is -0.783. The van der Waals surface area contributed by atoms with Crippen molar-refractivity contribution >= 4 is 17.7 Å². The topological polar surface area (TPSA) is 81.7 Å². The van der Waals surface area contributed by atoms with Crippen LogP contribution >= 0.6 is 0 Å². The first-order valence-electron chi connectivity index (χ1n) is 8.96. The second kappa shape index (κ2) is 10.3. The molecule has 8 heteroatoms. The van der Waals surface area contributed by atoms with Crippen molar-refractivity contribution < 1.29 is 32.6 Å². The maximum Gasteiger partial charge on any atom is 0.344 e. The maximum absolute atomic E-state index is 13.7. The number of ketones is 1. The number of nitrogens with one attached hydrogen (secondary N) is 1. The average Bonchev–Trinajstić information content (AvgIpc) is 2.70. The zero-order valence-corrected chi connectivity index (χ0v) is 16.0. The third kappa shape index (κ3) is 6.67. The lowest BCUT2D eigenvalue weighted by Gasteiger charge is -2.15. The predicted molar refractivity (Wildman–Crippen MR) is 100 cm³/mol. The Morgan fingerprint density at radius 1 is 1.03 bits per heavy atom. The highest BCUT2D eigenvalue weighted by Crippen LogP contribution is 2.17. The Labute approximate surface area is 166 Å². The van der Waals surface area contributed by atoms with Crippen molar-refractivity contribution in [3.8, 4) is 5.75 Å². The molecule has 154 valence electrons. The van der Waals surface area contributed by atoms with E-state index in [1.165, 1.54) is 13.0 Å². The van der Waals surface area contributed by atoms with Crippen molar-refractivity contribution in [2.75, 3.05) is 13.2 Å². The number of halogens is 2. The first kappa shape index (κ1) is 22.0. The molecule has 0 aromatic heterocycles. The second-order valence-corrected chi connectivity index (χ2v) is 6.21. The van der Waals surface area contributed by atoms with Gasteiger partial charge < -0.3 is 14.8 Å². The van der Waals surface area contributed by atoms with Gasteiger partial charge in [0.05, 0.1) is 6.04 Å². The minimum absolute atomic E-state index is 0.00304. The molecule has 0 radical (unpaired) electrons. The summed E-state index contributed by atoms with van der Waals surface area (Å²) in [4.78, 5) is 35.1. The van der Waals surface area contributed by atoms with Gasteiger partial charge in [0, 0.05) is 23.6 Å². The molecule has 0 fully saturated rings. The van der Waals surface area contributed by atoms with Gasteiger partial charge in [0.15, 0.2) is 19.0 Å². The number of amides is 1. The largest absolute Gasteiger partial charge is 0.482 e. The number of carbonyl (C=O) groups is 3. The average molecular weight is 405 g/mol. The zero-order chi connectivity index (χ0) is 21.4. The molecule has 0 spiro atoms. The summed E-state index contributed by atoms with van der Waals surface area (Å²) >= 11 is 0. The standard InChI is InChI=1S/C21H21F2NO5/c1-3-19(25)14-4-7-16(8-5-14)28-12-21(27)29-11-20(26)24-13(2)17-9-6-15(22)10-18(17)23/h4-10,13H,3,11-12H2,1-2H3,(H,24,26)/t13-/m0/s1. The summed E-state index contributed by atoms with van der Waals surface area (Å²) in [6, 6.07) is 8.61. The fourth-order valence-electron chi connectivity index (χ4n) is 2.48. The highest BCUT2D eigenvalue weighted by Gasteiger charge is 2.16. The van der Waals surface area contributed by atoms with Gasteiger partial charge in [0.2, 0.25) is 0 Å². The molecule has 0 heterocycles. The van der Waals surface area contributed by atoms with Gasteiger partial charge in [0.1, 0.15) is 17.4 Å². The number of ether oxygens (including phenoxy) is 2. The second-order valence-electron chi connectivity index (χ2n) is 6.21. The van der Waals surface area contributed by atoms with E-state index in [0.717, 1.165) is 12.1 Å². The van der Waals surface area contributed by atoms with E-state index in [0.29, 0.717) is 17.7 Å². The molecule has 0 saturated carbocycles. The zero-order valence-electron chi connectivity index (χ0n) is 16.0. The Hall–Kier alpha value is -3.29. The van der Waals surface area contributed by atoms with Crippen LogP contribution in [0.2, 0.25) is 0 Å². The third-order valence-corrected chi connectivity index (χ3v) is 4.02. The van der Waals surface area contributed by atoms with Crippen LogP contribution in [0.1, 0.15) is 42.2 Å². The van der Waals surface area contributed by atoms with Crippen LogP contribution in [0.5, 0.6) is 5.75 Å². The molecule has 1 atom stereocenters. The van der Waals surface area contributed by atoms with E-state index in [2.05, 4.69) is 5.32 Å². The number of Topliss-reactive ketones (excluding diaryl/α,β-unsaturated/α-hetero) is 1. The molecule has 1 amide bonds. The van der Waals surface area contributed by atoms with Crippen LogP contribution in [0.4, 0.5) is 8.78 Å². The molecule has 0 bridgehead atoms. The summed E-state index contributed by atoms with van der Waals surface area (Å²) in [6.45, 7) is 2.29. The van der Waals surface area contributed by atoms with Gasteiger partial charge in [-0.25, -0.2) is 13.6 Å². The highest BCUT2D eigenvalue weighted by molar-refractivity contribution is 5.95. The Kier molecular flexibility index (Phi) is 7.82. The van der Waals surface area contributed by atoms with Crippen molar-refractivity contribution in [2.45, 2.75) is 26.3 Å². The summed E-state index contributed by atoms with van der Waals surface area (Å²) < 4.78 is 36.7. The quantitative estimate of drug-likeness (QED) is 0.511. The van der Waals surface area contributed by atoms with Crippen molar-refractivity contribution in [2.24, 2.45) is 0 Å². The fraction of sp³-hybridized carbons (Fsp3) is 0.286. The smallest absolute Gasteiger partial charge is 0.344 e. The van der Waals surface area contributed by atoms with Gasteiger partial charge in [-0.05, 0) is 37.3 Å². The summed E-state index contributed by atoms with van der Waals surface area (Å²) in [5.74, 6) is -2.54. The molecule has 0 saturated heterocycles. The van der Waals surface area contributed by atoms with E-state index in [-0.39, 0.29) is 11.3 Å². The molecule has 2 rings (SSSR count). The SMILES string of the molecule is CCC(=O)c1ccc(OCC(=O)OCC(=O)N[C@@H](C)c2ccc(F)cc2F)cc1. The van der Waals surface area contributed by atoms with E-state index in [1.807, 2.05) is 0 Å². The van der Waals surface area contributed by atoms with Crippen LogP contribution in [0, 0.1) is 11.6 Å². The molecular weight excluding hydrogens is 384 g/mol. The number of carbonyl (C=O) groups excluding carboxylic acids is 3. The number of rotatable bonds is 9. The van der Waals surface area contributed by atoms with E-state index < -0.39 is 42.8 Å². The molecule has 0 unspecified atom stereocenters. The molecule has 0 aliphatic rings. The van der Waals surface area contributed by atoms with Gasteiger partial charge in [0.25, 0.3) is 5.91 Å². The van der Waals surface area contributed by atoms with Gasteiger partial charge >= 0.3 is 5.97 Å². The van der Waals surface area contributed by atoms with Crippen LogP contribution in [0.15, 0.2) is 42.5 Å². The van der Waals surface area contributed by atoms with Crippen molar-refractivity contribution in [1.29, 1.82) is 0 Å². The van der Waals surface area contributed by atoms with Crippen molar-refractivity contribution in [3.05, 3.63) is 65.2 Å². The number of hydrogen-bond acceptors (Lipinski definition) is 5. The normalized spacial score (nSPS) is 11.4. The first-order valence-corrected chi connectivity index (χ1v) is 8.96. The van der Waals surface area contributed by atoms with E-state index in [9.17, 15) is 23.2 Å². The van der Waals surface area contributed by atoms with Gasteiger partial charge in [-0.2, -0.15) is 0 Å². The molecule has 29 heavy (non-hydrogen) atoms. The van der Waals surface area contributed by atoms with Gasteiger partial charge in [-0.3, -0.25) is 9.59 Å². The molecule has 2 aromatic carbocycles. The lowest BCUT2D eigenvalue weighted by atomic mass is 10.1. The van der Waals surface area contributed by atoms with Crippen molar-refractivity contribution in [1.82, 2.24) is 5.32 Å². The number of hydrogen-bond donors (Lipinski definition) is 1. The first-order chi connectivity index (χ1) is 13.8. The van der Waals surface area contributed by atoms with E-state index in [1.54, 1.807) is 31.2 Å². The Morgan fingerprint density at radius 3 is 2.34 bits per heavy atom. The molecule has 2 aromatic rings. The molecule has 0 aliphatic carbocycles. The predicted octanol–water partition coefficient (Wildman–Crippen LogP) is 3.36. The molecule has 1 N–H and O–H groups in total. The molecule has 6 nitrogen and oxygen atoms in total. The molecular formula is C21H21F2NO5. The highest BCUT2D eigenvalue weighted by atomic mass is 19.1. The molecule has 0 aliphatic heterocycles. The Morgan fingerprint density at radius 2 is 1.72 bits per heavy atom. The maximum atomic E-state index is 13.7. The van der Waals surface area contributed by atoms with Crippen LogP contribution in [-0.4, -0.2) is 30.9 Å². The van der Waals surface area contributed by atoms with Crippen LogP contribution in [0.3, 0.4) is 0 Å². The van der Waals surface area contributed by atoms with Crippen LogP contribution < -0.4 is 10.1 Å². The van der Waals surface area contributed by atoms with Gasteiger partial charge in [-0.1, -0.05) is 13.0 Å². The summed E-state index contributed by atoms with van der Waals surface area (Å²) in [5.41, 5.74) is 0.658. The summed E-state index contributed by atoms with van der Waals surface area (Å²) in [7, 11) is 0. The monoisotopic (exact) mass is 405 g/mol.